The number of rotatable bonds is 6. The first-order chi connectivity index (χ1) is 12.7. The predicted octanol–water partition coefficient (Wildman–Crippen LogP) is 3.86. The lowest BCUT2D eigenvalue weighted by molar-refractivity contribution is 0.251. The molecule has 0 atom stereocenters. The van der Waals surface area contributed by atoms with Gasteiger partial charge in [0.05, 0.1) is 12.3 Å². The number of ether oxygens (including phenoxy) is 1. The maximum absolute atomic E-state index is 12.0. The molecule has 0 aliphatic heterocycles. The van der Waals surface area contributed by atoms with Crippen molar-refractivity contribution < 1.29 is 9.53 Å². The summed E-state index contributed by atoms with van der Waals surface area (Å²) in [5, 5.41) is 13.8. The van der Waals surface area contributed by atoms with Crippen molar-refractivity contribution in [3.8, 4) is 17.1 Å². The van der Waals surface area contributed by atoms with Crippen LogP contribution in [0.4, 0.5) is 10.5 Å². The summed E-state index contributed by atoms with van der Waals surface area (Å²) in [6.07, 6.45) is 0. The third-order valence-electron chi connectivity index (χ3n) is 3.67. The zero-order valence-corrected chi connectivity index (χ0v) is 14.5. The number of carbonyl (C=O) groups is 1. The highest BCUT2D eigenvalue weighted by atomic mass is 16.5. The van der Waals surface area contributed by atoms with Crippen LogP contribution in [0.1, 0.15) is 12.5 Å². The highest BCUT2D eigenvalue weighted by molar-refractivity contribution is 5.89. The Hall–Kier alpha value is -3.41. The SMILES string of the molecule is CCOc1ccc(-c2ccc(NC(=O)NCc3ccccc3)cc2)nn1. The Labute approximate surface area is 152 Å². The van der Waals surface area contributed by atoms with Crippen molar-refractivity contribution in [3.05, 3.63) is 72.3 Å². The second kappa shape index (κ2) is 8.62. The molecule has 6 nitrogen and oxygen atoms in total. The van der Waals surface area contributed by atoms with Gasteiger partial charge in [0.15, 0.2) is 0 Å². The van der Waals surface area contributed by atoms with Gasteiger partial charge in [-0.05, 0) is 30.7 Å². The Morgan fingerprint density at radius 3 is 2.38 bits per heavy atom. The Balaban J connectivity index is 1.56. The van der Waals surface area contributed by atoms with E-state index in [1.807, 2.05) is 67.6 Å². The van der Waals surface area contributed by atoms with E-state index in [-0.39, 0.29) is 6.03 Å². The van der Waals surface area contributed by atoms with E-state index < -0.39 is 0 Å². The first-order valence-corrected chi connectivity index (χ1v) is 8.40. The summed E-state index contributed by atoms with van der Waals surface area (Å²) in [4.78, 5) is 12.0. The number of hydrogen-bond donors (Lipinski definition) is 2. The van der Waals surface area contributed by atoms with Gasteiger partial charge in [-0.3, -0.25) is 0 Å². The van der Waals surface area contributed by atoms with Gasteiger partial charge in [-0.15, -0.1) is 10.2 Å². The van der Waals surface area contributed by atoms with E-state index in [0.29, 0.717) is 24.7 Å². The van der Waals surface area contributed by atoms with Crippen LogP contribution in [-0.4, -0.2) is 22.8 Å². The molecule has 0 aliphatic carbocycles. The molecule has 3 rings (SSSR count). The fourth-order valence-corrected chi connectivity index (χ4v) is 2.38. The Kier molecular flexibility index (Phi) is 5.77. The molecule has 2 N–H and O–H groups in total. The number of amides is 2. The van der Waals surface area contributed by atoms with Gasteiger partial charge in [-0.1, -0.05) is 42.5 Å². The summed E-state index contributed by atoms with van der Waals surface area (Å²) in [6, 6.07) is 20.6. The maximum Gasteiger partial charge on any atom is 0.319 e. The number of hydrogen-bond acceptors (Lipinski definition) is 4. The number of benzene rings is 2. The molecular formula is C20H20N4O2. The van der Waals surface area contributed by atoms with Crippen molar-refractivity contribution in [2.24, 2.45) is 0 Å². The molecular weight excluding hydrogens is 328 g/mol. The largest absolute Gasteiger partial charge is 0.477 e. The minimum absolute atomic E-state index is 0.248. The molecule has 0 saturated carbocycles. The molecule has 1 heterocycles. The average molecular weight is 348 g/mol. The molecule has 132 valence electrons. The van der Waals surface area contributed by atoms with Crippen LogP contribution in [0, 0.1) is 0 Å². The predicted molar refractivity (Wildman–Crippen MR) is 101 cm³/mol. The van der Waals surface area contributed by atoms with Crippen molar-refractivity contribution in [1.29, 1.82) is 0 Å². The Bertz CT molecular complexity index is 834. The molecule has 0 bridgehead atoms. The lowest BCUT2D eigenvalue weighted by Crippen LogP contribution is -2.28. The minimum Gasteiger partial charge on any atom is -0.477 e. The summed E-state index contributed by atoms with van der Waals surface area (Å²) in [7, 11) is 0. The van der Waals surface area contributed by atoms with E-state index in [1.54, 1.807) is 6.07 Å². The number of nitrogens with one attached hydrogen (secondary N) is 2. The van der Waals surface area contributed by atoms with Crippen molar-refractivity contribution >= 4 is 11.7 Å². The first-order valence-electron chi connectivity index (χ1n) is 8.40. The van der Waals surface area contributed by atoms with Gasteiger partial charge in [0.25, 0.3) is 0 Å². The fourth-order valence-electron chi connectivity index (χ4n) is 2.38. The van der Waals surface area contributed by atoms with Gasteiger partial charge in [-0.25, -0.2) is 4.79 Å². The highest BCUT2D eigenvalue weighted by Gasteiger charge is 2.04. The van der Waals surface area contributed by atoms with Gasteiger partial charge in [0.2, 0.25) is 5.88 Å². The third-order valence-corrected chi connectivity index (χ3v) is 3.67. The minimum atomic E-state index is -0.248. The standard InChI is InChI=1S/C20H20N4O2/c1-2-26-19-13-12-18(23-24-19)16-8-10-17(11-9-16)22-20(25)21-14-15-6-4-3-5-7-15/h3-13H,2,14H2,1H3,(H2,21,22,25). The lowest BCUT2D eigenvalue weighted by Gasteiger charge is -2.08. The van der Waals surface area contributed by atoms with Gasteiger partial charge < -0.3 is 15.4 Å². The number of anilines is 1. The van der Waals surface area contributed by atoms with E-state index in [9.17, 15) is 4.79 Å². The topological polar surface area (TPSA) is 76.1 Å². The van der Waals surface area contributed by atoms with E-state index in [2.05, 4.69) is 20.8 Å². The molecule has 2 aromatic carbocycles. The van der Waals surface area contributed by atoms with E-state index in [4.69, 9.17) is 4.74 Å². The molecule has 3 aromatic rings. The molecule has 0 saturated heterocycles. The summed E-state index contributed by atoms with van der Waals surface area (Å²) in [5.41, 5.74) is 3.41. The Morgan fingerprint density at radius 2 is 1.73 bits per heavy atom. The molecule has 1 aromatic heterocycles. The van der Waals surface area contributed by atoms with Crippen LogP contribution in [0.2, 0.25) is 0 Å². The highest BCUT2D eigenvalue weighted by Crippen LogP contribution is 2.20. The molecule has 0 aliphatic rings. The Morgan fingerprint density at radius 1 is 0.962 bits per heavy atom. The molecule has 26 heavy (non-hydrogen) atoms. The molecule has 0 radical (unpaired) electrons. The lowest BCUT2D eigenvalue weighted by atomic mass is 10.1. The second-order valence-electron chi connectivity index (χ2n) is 5.56. The van der Waals surface area contributed by atoms with Crippen molar-refractivity contribution in [2.75, 3.05) is 11.9 Å². The molecule has 0 spiro atoms. The first kappa shape index (κ1) is 17.4. The van der Waals surface area contributed by atoms with E-state index >= 15 is 0 Å². The fraction of sp³-hybridized carbons (Fsp3) is 0.150. The van der Waals surface area contributed by atoms with Crippen LogP contribution in [0.15, 0.2) is 66.7 Å². The quantitative estimate of drug-likeness (QED) is 0.709. The summed E-state index contributed by atoms with van der Waals surface area (Å²) < 4.78 is 5.29. The normalized spacial score (nSPS) is 10.2. The van der Waals surface area contributed by atoms with Gasteiger partial charge in [0, 0.05) is 23.9 Å². The van der Waals surface area contributed by atoms with Gasteiger partial charge >= 0.3 is 6.03 Å². The monoisotopic (exact) mass is 348 g/mol. The maximum atomic E-state index is 12.0. The van der Waals surface area contributed by atoms with E-state index in [1.165, 1.54) is 0 Å². The number of urea groups is 1. The van der Waals surface area contributed by atoms with Crippen LogP contribution in [-0.2, 0) is 6.54 Å². The molecule has 0 unspecified atom stereocenters. The van der Waals surface area contributed by atoms with Gasteiger partial charge in [-0.2, -0.15) is 0 Å². The van der Waals surface area contributed by atoms with Crippen LogP contribution in [0.5, 0.6) is 5.88 Å². The molecule has 6 heteroatoms. The second-order valence-corrected chi connectivity index (χ2v) is 5.56. The number of carbonyl (C=O) groups excluding carboxylic acids is 1. The molecule has 0 fully saturated rings. The van der Waals surface area contributed by atoms with Crippen LogP contribution in [0.25, 0.3) is 11.3 Å². The van der Waals surface area contributed by atoms with Crippen molar-refractivity contribution in [3.63, 3.8) is 0 Å². The number of nitrogens with zero attached hydrogens (tertiary/aromatic N) is 2. The molecule has 2 amide bonds. The zero-order valence-electron chi connectivity index (χ0n) is 14.5. The summed E-state index contributed by atoms with van der Waals surface area (Å²) in [6.45, 7) is 2.94. The van der Waals surface area contributed by atoms with Crippen LogP contribution < -0.4 is 15.4 Å². The summed E-state index contributed by atoms with van der Waals surface area (Å²) >= 11 is 0. The van der Waals surface area contributed by atoms with E-state index in [0.717, 1.165) is 16.8 Å². The van der Waals surface area contributed by atoms with Crippen molar-refractivity contribution in [2.45, 2.75) is 13.5 Å². The number of aromatic nitrogens is 2. The summed E-state index contributed by atoms with van der Waals surface area (Å²) in [5.74, 6) is 0.504. The third kappa shape index (κ3) is 4.80. The van der Waals surface area contributed by atoms with Crippen molar-refractivity contribution in [1.82, 2.24) is 15.5 Å². The average Bonchev–Trinajstić information content (AvgIpc) is 2.69. The van der Waals surface area contributed by atoms with Crippen LogP contribution in [0.3, 0.4) is 0 Å². The van der Waals surface area contributed by atoms with Crippen LogP contribution >= 0.6 is 0 Å². The van der Waals surface area contributed by atoms with Gasteiger partial charge in [0.1, 0.15) is 0 Å². The zero-order chi connectivity index (χ0) is 18.2. The smallest absolute Gasteiger partial charge is 0.319 e.